The van der Waals surface area contributed by atoms with Crippen molar-refractivity contribution in [2.45, 2.75) is 37.8 Å². The molecule has 3 N–H and O–H groups in total. The van der Waals surface area contributed by atoms with Crippen LogP contribution in [0.3, 0.4) is 0 Å². The minimum Gasteiger partial charge on any atom is -0.334 e. The number of hydrogen-bond acceptors (Lipinski definition) is 3. The van der Waals surface area contributed by atoms with Crippen LogP contribution in [0.15, 0.2) is 59.5 Å². The number of carbonyl (C=O) groups excluding carboxylic acids is 1. The summed E-state index contributed by atoms with van der Waals surface area (Å²) in [4.78, 5) is 12.1. The Balaban J connectivity index is 2.02. The van der Waals surface area contributed by atoms with Crippen molar-refractivity contribution in [3.05, 3.63) is 60.2 Å². The maximum atomic E-state index is 12.4. The van der Waals surface area contributed by atoms with Gasteiger partial charge in [-0.25, -0.2) is 17.9 Å². The third kappa shape index (κ3) is 6.21. The molecule has 0 bridgehead atoms. The Labute approximate surface area is 148 Å². The SMILES string of the molecule is CC(C)(C)NS(=O)(=O)c1cccc(NC(=O)NCc2ccccc2)c1. The smallest absolute Gasteiger partial charge is 0.319 e. The van der Waals surface area contributed by atoms with Crippen LogP contribution in [0.4, 0.5) is 10.5 Å². The number of rotatable bonds is 5. The number of amides is 2. The molecule has 0 aromatic heterocycles. The van der Waals surface area contributed by atoms with E-state index >= 15 is 0 Å². The first kappa shape index (κ1) is 19.0. The first-order valence-corrected chi connectivity index (χ1v) is 9.37. The van der Waals surface area contributed by atoms with Gasteiger partial charge in [0.2, 0.25) is 10.0 Å². The zero-order valence-electron chi connectivity index (χ0n) is 14.5. The molecule has 2 amide bonds. The van der Waals surface area contributed by atoms with Gasteiger partial charge in [0.25, 0.3) is 0 Å². The molecule has 0 saturated carbocycles. The predicted molar refractivity (Wildman–Crippen MR) is 98.8 cm³/mol. The highest BCUT2D eigenvalue weighted by Crippen LogP contribution is 2.17. The fraction of sp³-hybridized carbons (Fsp3) is 0.278. The minimum absolute atomic E-state index is 0.100. The van der Waals surface area contributed by atoms with Crippen molar-refractivity contribution in [3.63, 3.8) is 0 Å². The first-order valence-electron chi connectivity index (χ1n) is 7.88. The fourth-order valence-electron chi connectivity index (χ4n) is 2.16. The Hall–Kier alpha value is -2.38. The summed E-state index contributed by atoms with van der Waals surface area (Å²) in [5, 5.41) is 5.37. The lowest BCUT2D eigenvalue weighted by Gasteiger charge is -2.20. The molecule has 0 spiro atoms. The molecule has 0 aliphatic heterocycles. The molecule has 7 heteroatoms. The molecule has 0 aliphatic rings. The average molecular weight is 361 g/mol. The second-order valence-electron chi connectivity index (χ2n) is 6.68. The van der Waals surface area contributed by atoms with Crippen LogP contribution in [0.5, 0.6) is 0 Å². The minimum atomic E-state index is -3.65. The third-order valence-electron chi connectivity index (χ3n) is 3.14. The van der Waals surface area contributed by atoms with Crippen molar-refractivity contribution in [2.75, 3.05) is 5.32 Å². The van der Waals surface area contributed by atoms with E-state index in [-0.39, 0.29) is 4.90 Å². The van der Waals surface area contributed by atoms with Crippen LogP contribution in [0, 0.1) is 0 Å². The maximum absolute atomic E-state index is 12.4. The molecule has 0 radical (unpaired) electrons. The predicted octanol–water partition coefficient (Wildman–Crippen LogP) is 3.09. The van der Waals surface area contributed by atoms with Crippen LogP contribution in [-0.2, 0) is 16.6 Å². The lowest BCUT2D eigenvalue weighted by molar-refractivity contribution is 0.251. The number of urea groups is 1. The van der Waals surface area contributed by atoms with Crippen molar-refractivity contribution in [3.8, 4) is 0 Å². The van der Waals surface area contributed by atoms with E-state index in [2.05, 4.69) is 15.4 Å². The van der Waals surface area contributed by atoms with Crippen molar-refractivity contribution in [2.24, 2.45) is 0 Å². The van der Waals surface area contributed by atoms with Gasteiger partial charge in [-0.1, -0.05) is 36.4 Å². The van der Waals surface area contributed by atoms with Gasteiger partial charge in [0, 0.05) is 17.8 Å². The summed E-state index contributed by atoms with van der Waals surface area (Å²) in [5.41, 5.74) is 0.792. The van der Waals surface area contributed by atoms with Crippen LogP contribution in [0.2, 0.25) is 0 Å². The number of hydrogen-bond donors (Lipinski definition) is 3. The van der Waals surface area contributed by atoms with E-state index in [0.29, 0.717) is 12.2 Å². The van der Waals surface area contributed by atoms with Gasteiger partial charge in [0.15, 0.2) is 0 Å². The Morgan fingerprint density at radius 1 is 1.00 bits per heavy atom. The zero-order valence-corrected chi connectivity index (χ0v) is 15.4. The Morgan fingerprint density at radius 3 is 2.32 bits per heavy atom. The lowest BCUT2D eigenvalue weighted by Crippen LogP contribution is -2.40. The highest BCUT2D eigenvalue weighted by atomic mass is 32.2. The molecular formula is C18H23N3O3S. The maximum Gasteiger partial charge on any atom is 0.319 e. The van der Waals surface area contributed by atoms with E-state index in [9.17, 15) is 13.2 Å². The van der Waals surface area contributed by atoms with Crippen LogP contribution in [0.1, 0.15) is 26.3 Å². The third-order valence-corrected chi connectivity index (χ3v) is 4.89. The average Bonchev–Trinajstić information content (AvgIpc) is 2.52. The van der Waals surface area contributed by atoms with Crippen LogP contribution < -0.4 is 15.4 Å². The summed E-state index contributed by atoms with van der Waals surface area (Å²) < 4.78 is 27.3. The van der Waals surface area contributed by atoms with E-state index in [0.717, 1.165) is 5.56 Å². The summed E-state index contributed by atoms with van der Waals surface area (Å²) in [6.07, 6.45) is 0. The molecule has 0 aliphatic carbocycles. The summed E-state index contributed by atoms with van der Waals surface area (Å²) in [6, 6.07) is 15.2. The van der Waals surface area contributed by atoms with E-state index < -0.39 is 21.6 Å². The topological polar surface area (TPSA) is 87.3 Å². The van der Waals surface area contributed by atoms with E-state index in [1.54, 1.807) is 32.9 Å². The van der Waals surface area contributed by atoms with Crippen molar-refractivity contribution < 1.29 is 13.2 Å². The van der Waals surface area contributed by atoms with Gasteiger partial charge in [-0.2, -0.15) is 0 Å². The molecule has 0 fully saturated rings. The van der Waals surface area contributed by atoms with Crippen molar-refractivity contribution in [1.29, 1.82) is 0 Å². The summed E-state index contributed by atoms with van der Waals surface area (Å²) >= 11 is 0. The number of nitrogens with one attached hydrogen (secondary N) is 3. The second-order valence-corrected chi connectivity index (χ2v) is 8.36. The first-order chi connectivity index (χ1) is 11.7. The number of carbonyl (C=O) groups is 1. The molecule has 2 aromatic rings. The molecule has 2 aromatic carbocycles. The fourth-order valence-corrected chi connectivity index (χ4v) is 3.62. The van der Waals surface area contributed by atoms with Crippen LogP contribution in [0.25, 0.3) is 0 Å². The summed E-state index contributed by atoms with van der Waals surface area (Å²) in [6.45, 7) is 5.69. The van der Waals surface area contributed by atoms with Gasteiger partial charge in [0.05, 0.1) is 4.90 Å². The van der Waals surface area contributed by atoms with Gasteiger partial charge in [0.1, 0.15) is 0 Å². The zero-order chi connectivity index (χ0) is 18.5. The monoisotopic (exact) mass is 361 g/mol. The molecular weight excluding hydrogens is 338 g/mol. The summed E-state index contributed by atoms with van der Waals surface area (Å²) in [7, 11) is -3.65. The molecule has 0 unspecified atom stereocenters. The molecule has 0 heterocycles. The van der Waals surface area contributed by atoms with Crippen LogP contribution in [-0.4, -0.2) is 20.0 Å². The van der Waals surface area contributed by atoms with Gasteiger partial charge in [-0.3, -0.25) is 0 Å². The quantitative estimate of drug-likeness (QED) is 0.765. The van der Waals surface area contributed by atoms with Crippen molar-refractivity contribution >= 4 is 21.7 Å². The van der Waals surface area contributed by atoms with E-state index in [1.807, 2.05) is 30.3 Å². The number of benzene rings is 2. The second kappa shape index (κ2) is 7.67. The van der Waals surface area contributed by atoms with Gasteiger partial charge in [-0.05, 0) is 44.5 Å². The lowest BCUT2D eigenvalue weighted by atomic mass is 10.1. The largest absolute Gasteiger partial charge is 0.334 e. The molecule has 2 rings (SSSR count). The molecule has 0 saturated heterocycles. The molecule has 6 nitrogen and oxygen atoms in total. The van der Waals surface area contributed by atoms with Gasteiger partial charge >= 0.3 is 6.03 Å². The number of sulfonamides is 1. The normalized spacial score (nSPS) is 11.8. The summed E-state index contributed by atoms with van der Waals surface area (Å²) in [5.74, 6) is 0. The van der Waals surface area contributed by atoms with Crippen molar-refractivity contribution in [1.82, 2.24) is 10.0 Å². The van der Waals surface area contributed by atoms with Gasteiger partial charge < -0.3 is 10.6 Å². The van der Waals surface area contributed by atoms with Gasteiger partial charge in [-0.15, -0.1) is 0 Å². The van der Waals surface area contributed by atoms with E-state index in [4.69, 9.17) is 0 Å². The molecule has 25 heavy (non-hydrogen) atoms. The van der Waals surface area contributed by atoms with Crippen LogP contribution >= 0.6 is 0 Å². The Morgan fingerprint density at radius 2 is 1.68 bits per heavy atom. The standard InChI is InChI=1S/C18H23N3O3S/c1-18(2,3)21-25(23,24)16-11-7-10-15(12-16)20-17(22)19-13-14-8-5-4-6-9-14/h4-12,21H,13H2,1-3H3,(H2,19,20,22). The highest BCUT2D eigenvalue weighted by Gasteiger charge is 2.22. The Kier molecular flexibility index (Phi) is 5.81. The Bertz CT molecular complexity index is 828. The number of anilines is 1. The highest BCUT2D eigenvalue weighted by molar-refractivity contribution is 7.89. The molecule has 134 valence electrons. The molecule has 0 atom stereocenters. The van der Waals surface area contributed by atoms with E-state index in [1.165, 1.54) is 12.1 Å².